The van der Waals surface area contributed by atoms with Gasteiger partial charge in [0.05, 0.1) is 24.4 Å². The third-order valence-electron chi connectivity index (χ3n) is 4.39. The monoisotopic (exact) mass is 319 g/mol. The van der Waals surface area contributed by atoms with Crippen molar-refractivity contribution in [2.24, 2.45) is 10.7 Å². The zero-order valence-corrected chi connectivity index (χ0v) is 14.5. The molecule has 2 rings (SSSR count). The number of likely N-dealkylation sites (N-methyl/N-ethyl adjacent to an activating group) is 1. The quantitative estimate of drug-likeness (QED) is 0.460. The summed E-state index contributed by atoms with van der Waals surface area (Å²) < 4.78 is 5.59. The molecule has 1 aromatic carbocycles. The first-order valence-electron chi connectivity index (χ1n) is 8.43. The summed E-state index contributed by atoms with van der Waals surface area (Å²) in [7, 11) is 2.02. The number of benzene rings is 1. The molecular weight excluding hydrogens is 290 g/mol. The predicted molar refractivity (Wildman–Crippen MR) is 94.2 cm³/mol. The SMILES string of the molecule is CCCCOCCN(C)C(C)=Nc1ccc2c(c1)[C@@H](N)[C@H](O)C2. The summed E-state index contributed by atoms with van der Waals surface area (Å²) in [4.78, 5) is 6.75. The molecule has 0 amide bonds. The fourth-order valence-electron chi connectivity index (χ4n) is 2.69. The first-order chi connectivity index (χ1) is 11.0. The molecule has 1 aromatic rings. The lowest BCUT2D eigenvalue weighted by molar-refractivity contribution is 0.122. The summed E-state index contributed by atoms with van der Waals surface area (Å²) in [5, 5.41) is 9.86. The van der Waals surface area contributed by atoms with Gasteiger partial charge in [0.25, 0.3) is 0 Å². The molecule has 5 nitrogen and oxygen atoms in total. The first-order valence-corrected chi connectivity index (χ1v) is 8.43. The van der Waals surface area contributed by atoms with E-state index in [2.05, 4.69) is 16.8 Å². The highest BCUT2D eigenvalue weighted by atomic mass is 16.5. The second-order valence-corrected chi connectivity index (χ2v) is 6.23. The number of ether oxygens (including phenoxy) is 1. The second-order valence-electron chi connectivity index (χ2n) is 6.23. The molecule has 0 unspecified atom stereocenters. The Labute approximate surface area is 139 Å². The average molecular weight is 319 g/mol. The third kappa shape index (κ3) is 4.77. The maximum absolute atomic E-state index is 9.86. The van der Waals surface area contributed by atoms with Gasteiger partial charge in [-0.25, -0.2) is 4.99 Å². The van der Waals surface area contributed by atoms with Crippen LogP contribution in [-0.4, -0.2) is 48.8 Å². The second kappa shape index (κ2) is 8.43. The van der Waals surface area contributed by atoms with Gasteiger partial charge in [0.2, 0.25) is 0 Å². The van der Waals surface area contributed by atoms with E-state index in [1.54, 1.807) is 0 Å². The summed E-state index contributed by atoms with van der Waals surface area (Å²) in [5.41, 5.74) is 9.04. The van der Waals surface area contributed by atoms with Crippen molar-refractivity contribution >= 4 is 11.5 Å². The number of aliphatic imine (C=N–C) groups is 1. The number of nitrogens with two attached hydrogens (primary N) is 1. The van der Waals surface area contributed by atoms with Crippen molar-refractivity contribution in [3.8, 4) is 0 Å². The Balaban J connectivity index is 1.93. The number of unbranched alkanes of at least 4 members (excludes halogenated alkanes) is 1. The number of fused-ring (bicyclic) bond motifs is 1. The van der Waals surface area contributed by atoms with Crippen molar-refractivity contribution in [1.29, 1.82) is 0 Å². The minimum absolute atomic E-state index is 0.301. The minimum Gasteiger partial charge on any atom is -0.391 e. The smallest absolute Gasteiger partial charge is 0.101 e. The number of amidine groups is 1. The van der Waals surface area contributed by atoms with Crippen LogP contribution in [0, 0.1) is 0 Å². The van der Waals surface area contributed by atoms with Crippen molar-refractivity contribution in [2.75, 3.05) is 26.8 Å². The van der Waals surface area contributed by atoms with E-state index in [-0.39, 0.29) is 6.04 Å². The lowest BCUT2D eigenvalue weighted by atomic mass is 10.1. The number of hydrogen-bond donors (Lipinski definition) is 2. The van der Waals surface area contributed by atoms with Crippen LogP contribution in [0.3, 0.4) is 0 Å². The molecule has 23 heavy (non-hydrogen) atoms. The molecule has 0 fully saturated rings. The van der Waals surface area contributed by atoms with Gasteiger partial charge in [-0.1, -0.05) is 19.4 Å². The van der Waals surface area contributed by atoms with E-state index >= 15 is 0 Å². The van der Waals surface area contributed by atoms with E-state index in [9.17, 15) is 5.11 Å². The van der Waals surface area contributed by atoms with Gasteiger partial charge in [-0.3, -0.25) is 0 Å². The molecule has 0 bridgehead atoms. The maximum Gasteiger partial charge on any atom is 0.101 e. The molecule has 0 radical (unpaired) electrons. The van der Waals surface area contributed by atoms with E-state index in [4.69, 9.17) is 10.5 Å². The fourth-order valence-corrected chi connectivity index (χ4v) is 2.69. The zero-order chi connectivity index (χ0) is 16.8. The Morgan fingerprint density at radius 2 is 2.22 bits per heavy atom. The van der Waals surface area contributed by atoms with Crippen LogP contribution in [0.1, 0.15) is 43.9 Å². The highest BCUT2D eigenvalue weighted by molar-refractivity contribution is 5.82. The van der Waals surface area contributed by atoms with Crippen LogP contribution in [0.15, 0.2) is 23.2 Å². The molecule has 0 saturated carbocycles. The van der Waals surface area contributed by atoms with Gasteiger partial charge >= 0.3 is 0 Å². The number of aliphatic hydroxyl groups is 1. The molecule has 5 heteroatoms. The summed E-state index contributed by atoms with van der Waals surface area (Å²) in [5.74, 6) is 0.941. The molecule has 1 aliphatic rings. The van der Waals surface area contributed by atoms with Crippen molar-refractivity contribution in [1.82, 2.24) is 4.90 Å². The highest BCUT2D eigenvalue weighted by Crippen LogP contribution is 2.32. The maximum atomic E-state index is 9.86. The molecule has 0 spiro atoms. The van der Waals surface area contributed by atoms with Crippen molar-refractivity contribution in [3.63, 3.8) is 0 Å². The van der Waals surface area contributed by atoms with Crippen LogP contribution >= 0.6 is 0 Å². The van der Waals surface area contributed by atoms with Gasteiger partial charge in [-0.2, -0.15) is 0 Å². The van der Waals surface area contributed by atoms with Gasteiger partial charge in [-0.15, -0.1) is 0 Å². The molecule has 0 heterocycles. The number of nitrogens with zero attached hydrogens (tertiary/aromatic N) is 2. The topological polar surface area (TPSA) is 71.1 Å². The highest BCUT2D eigenvalue weighted by Gasteiger charge is 2.27. The molecule has 128 valence electrons. The molecule has 3 N–H and O–H groups in total. The Kier molecular flexibility index (Phi) is 6.57. The van der Waals surface area contributed by atoms with E-state index in [1.165, 1.54) is 0 Å². The normalized spacial score (nSPS) is 20.7. The molecular formula is C18H29N3O2. The average Bonchev–Trinajstić information content (AvgIpc) is 2.82. The van der Waals surface area contributed by atoms with Gasteiger partial charge in [0, 0.05) is 26.6 Å². The molecule has 0 aliphatic heterocycles. The summed E-state index contributed by atoms with van der Waals surface area (Å²) in [6.45, 7) is 6.51. The van der Waals surface area contributed by atoms with Gasteiger partial charge in [0.15, 0.2) is 0 Å². The predicted octanol–water partition coefficient (Wildman–Crippen LogP) is 2.40. The van der Waals surface area contributed by atoms with Crippen LogP contribution in [-0.2, 0) is 11.2 Å². The molecule has 2 atom stereocenters. The Bertz CT molecular complexity index is 545. The number of rotatable bonds is 7. The summed E-state index contributed by atoms with van der Waals surface area (Å²) in [6, 6.07) is 5.69. The largest absolute Gasteiger partial charge is 0.391 e. The van der Waals surface area contributed by atoms with Crippen LogP contribution in [0.2, 0.25) is 0 Å². The number of aliphatic hydroxyl groups excluding tert-OH is 1. The standard InChI is InChI=1S/C18H29N3O2/c1-4-5-9-23-10-8-21(3)13(2)20-15-7-6-14-11-17(22)18(19)16(14)12-15/h6-7,12,17-18,22H,4-5,8-11,19H2,1-3H3/t17-,18-/m1/s1. The Morgan fingerprint density at radius 3 is 2.96 bits per heavy atom. The van der Waals surface area contributed by atoms with Crippen molar-refractivity contribution < 1.29 is 9.84 Å². The summed E-state index contributed by atoms with van der Waals surface area (Å²) >= 11 is 0. The Morgan fingerprint density at radius 1 is 1.43 bits per heavy atom. The van der Waals surface area contributed by atoms with Crippen LogP contribution < -0.4 is 5.73 Å². The first kappa shape index (κ1) is 17.9. The lowest BCUT2D eigenvalue weighted by Gasteiger charge is -2.18. The molecule has 0 saturated heterocycles. The van der Waals surface area contributed by atoms with Crippen LogP contribution in [0.25, 0.3) is 0 Å². The van der Waals surface area contributed by atoms with E-state index in [0.717, 1.165) is 48.6 Å². The van der Waals surface area contributed by atoms with Crippen molar-refractivity contribution in [3.05, 3.63) is 29.3 Å². The van der Waals surface area contributed by atoms with Crippen LogP contribution in [0.5, 0.6) is 0 Å². The Hall–Kier alpha value is -1.43. The lowest BCUT2D eigenvalue weighted by Crippen LogP contribution is -2.28. The van der Waals surface area contributed by atoms with E-state index in [0.29, 0.717) is 13.0 Å². The van der Waals surface area contributed by atoms with Gasteiger partial charge in [0.1, 0.15) is 5.84 Å². The van der Waals surface area contributed by atoms with Crippen molar-refractivity contribution in [2.45, 2.75) is 45.3 Å². The van der Waals surface area contributed by atoms with E-state index in [1.807, 2.05) is 32.2 Å². The molecule has 0 aromatic heterocycles. The van der Waals surface area contributed by atoms with E-state index < -0.39 is 6.10 Å². The number of hydrogen-bond acceptors (Lipinski definition) is 4. The fraction of sp³-hybridized carbons (Fsp3) is 0.611. The molecule has 1 aliphatic carbocycles. The van der Waals surface area contributed by atoms with Crippen LogP contribution in [0.4, 0.5) is 5.69 Å². The summed E-state index contributed by atoms with van der Waals surface area (Å²) in [6.07, 6.45) is 2.42. The minimum atomic E-state index is -0.478. The zero-order valence-electron chi connectivity index (χ0n) is 14.5. The van der Waals surface area contributed by atoms with Gasteiger partial charge in [-0.05, 0) is 36.6 Å². The third-order valence-corrected chi connectivity index (χ3v) is 4.39. The van der Waals surface area contributed by atoms with Gasteiger partial charge < -0.3 is 20.5 Å².